The third-order valence-corrected chi connectivity index (χ3v) is 2.69. The number of benzene rings is 2. The summed E-state index contributed by atoms with van der Waals surface area (Å²) in [7, 11) is 0. The van der Waals surface area contributed by atoms with Gasteiger partial charge in [0, 0.05) is 0 Å². The number of carbonyl (C=O) groups excluding carboxylic acids is 1. The maximum Gasteiger partial charge on any atom is 0.269 e. The van der Waals surface area contributed by atoms with Crippen LogP contribution in [0.25, 0.3) is 10.8 Å². The molecular weight excluding hydrogens is 258 g/mol. The first-order valence-corrected chi connectivity index (χ1v) is 5.96. The summed E-state index contributed by atoms with van der Waals surface area (Å²) in [6.45, 7) is -0.118. The molecule has 0 radical (unpaired) electrons. The number of amides is 1. The number of nitrogens with one attached hydrogen (secondary N) is 2. The minimum atomic E-state index is -0.348. The van der Waals surface area contributed by atoms with Crippen LogP contribution < -0.4 is 10.1 Å². The van der Waals surface area contributed by atoms with Crippen molar-refractivity contribution in [3.63, 3.8) is 0 Å². The van der Waals surface area contributed by atoms with Crippen LogP contribution in [-0.2, 0) is 4.79 Å². The average molecular weight is 269 g/mol. The molecule has 0 aliphatic rings. The summed E-state index contributed by atoms with van der Waals surface area (Å²) in [4.78, 5) is 11.6. The lowest BCUT2D eigenvalue weighted by Gasteiger charge is -2.06. The first-order chi connectivity index (χ1) is 9.81. The number of anilines is 1. The van der Waals surface area contributed by atoms with Gasteiger partial charge in [0.15, 0.2) is 6.61 Å². The van der Waals surface area contributed by atoms with Gasteiger partial charge in [-0.2, -0.15) is 5.21 Å². The lowest BCUT2D eigenvalue weighted by Crippen LogP contribution is -2.20. The van der Waals surface area contributed by atoms with Crippen molar-refractivity contribution < 1.29 is 9.53 Å². The van der Waals surface area contributed by atoms with Crippen LogP contribution in [0.4, 0.5) is 5.95 Å². The molecule has 2 aromatic carbocycles. The molecule has 3 rings (SSSR count). The predicted molar refractivity (Wildman–Crippen MR) is 72.3 cm³/mol. The van der Waals surface area contributed by atoms with E-state index in [-0.39, 0.29) is 18.5 Å². The quantitative estimate of drug-likeness (QED) is 0.746. The van der Waals surface area contributed by atoms with Gasteiger partial charge in [0.1, 0.15) is 5.75 Å². The van der Waals surface area contributed by atoms with Gasteiger partial charge in [-0.1, -0.05) is 35.4 Å². The number of fused-ring (bicyclic) bond motifs is 1. The van der Waals surface area contributed by atoms with E-state index in [1.165, 1.54) is 0 Å². The summed E-state index contributed by atoms with van der Waals surface area (Å²) >= 11 is 0. The van der Waals surface area contributed by atoms with E-state index in [1.807, 2.05) is 42.5 Å². The summed E-state index contributed by atoms with van der Waals surface area (Å²) in [5, 5.41) is 17.4. The van der Waals surface area contributed by atoms with E-state index < -0.39 is 0 Å². The molecule has 2 N–H and O–H groups in total. The van der Waals surface area contributed by atoms with Gasteiger partial charge in [0.25, 0.3) is 11.9 Å². The number of nitrogens with zero attached hydrogens (tertiary/aromatic N) is 3. The highest BCUT2D eigenvalue weighted by molar-refractivity contribution is 5.90. The van der Waals surface area contributed by atoms with Gasteiger partial charge in [-0.05, 0) is 28.1 Å². The van der Waals surface area contributed by atoms with Gasteiger partial charge >= 0.3 is 0 Å². The molecule has 0 saturated heterocycles. The molecule has 1 amide bonds. The number of carbonyl (C=O) groups is 1. The van der Waals surface area contributed by atoms with Gasteiger partial charge in [-0.3, -0.25) is 10.1 Å². The maximum atomic E-state index is 11.6. The Morgan fingerprint density at radius 2 is 2.05 bits per heavy atom. The Kier molecular flexibility index (Phi) is 3.24. The van der Waals surface area contributed by atoms with Crippen LogP contribution >= 0.6 is 0 Å². The molecule has 0 aliphatic heterocycles. The molecule has 7 nitrogen and oxygen atoms in total. The number of ether oxygens (including phenoxy) is 1. The van der Waals surface area contributed by atoms with Gasteiger partial charge in [-0.15, -0.1) is 5.10 Å². The molecule has 0 fully saturated rings. The van der Waals surface area contributed by atoms with Crippen molar-refractivity contribution >= 4 is 22.6 Å². The Labute approximate surface area is 113 Å². The lowest BCUT2D eigenvalue weighted by molar-refractivity contribution is -0.118. The number of aromatic amines is 1. The number of hydrogen-bond acceptors (Lipinski definition) is 5. The van der Waals surface area contributed by atoms with Crippen LogP contribution in [0.1, 0.15) is 0 Å². The topological polar surface area (TPSA) is 92.8 Å². The second-order valence-corrected chi connectivity index (χ2v) is 4.08. The van der Waals surface area contributed by atoms with Crippen molar-refractivity contribution in [2.75, 3.05) is 11.9 Å². The van der Waals surface area contributed by atoms with Crippen LogP contribution in [0.2, 0.25) is 0 Å². The second kappa shape index (κ2) is 5.35. The van der Waals surface area contributed by atoms with Gasteiger partial charge in [0.05, 0.1) is 0 Å². The standard InChI is InChI=1S/C13H11N5O2/c19-12(14-13-15-17-18-16-13)8-20-11-6-5-9-3-1-2-4-10(9)7-11/h1-7H,8H2,(H2,14,15,16,17,18,19). The van der Waals surface area contributed by atoms with Crippen molar-refractivity contribution in [2.24, 2.45) is 0 Å². The molecule has 0 bridgehead atoms. The molecule has 7 heteroatoms. The number of H-pyrrole nitrogens is 1. The van der Waals surface area contributed by atoms with Crippen molar-refractivity contribution in [3.8, 4) is 5.75 Å². The summed E-state index contributed by atoms with van der Waals surface area (Å²) in [5.74, 6) is 0.406. The Morgan fingerprint density at radius 3 is 2.85 bits per heavy atom. The first-order valence-electron chi connectivity index (χ1n) is 5.96. The zero-order valence-electron chi connectivity index (χ0n) is 10.4. The van der Waals surface area contributed by atoms with E-state index in [0.717, 1.165) is 10.8 Å². The van der Waals surface area contributed by atoms with Crippen molar-refractivity contribution in [1.29, 1.82) is 0 Å². The van der Waals surface area contributed by atoms with Gasteiger partial charge in [-0.25, -0.2) is 0 Å². The van der Waals surface area contributed by atoms with Crippen molar-refractivity contribution in [1.82, 2.24) is 20.6 Å². The number of aromatic nitrogens is 4. The second-order valence-electron chi connectivity index (χ2n) is 4.08. The van der Waals surface area contributed by atoms with Gasteiger partial charge < -0.3 is 4.74 Å². The molecule has 1 heterocycles. The predicted octanol–water partition coefficient (Wildman–Crippen LogP) is 1.37. The minimum absolute atomic E-state index is 0.118. The van der Waals surface area contributed by atoms with Crippen LogP contribution in [0.15, 0.2) is 42.5 Å². The smallest absolute Gasteiger partial charge is 0.269 e. The largest absolute Gasteiger partial charge is 0.484 e. The first kappa shape index (κ1) is 12.1. The third kappa shape index (κ3) is 2.72. The van der Waals surface area contributed by atoms with E-state index in [2.05, 4.69) is 25.9 Å². The SMILES string of the molecule is O=C(COc1ccc2ccccc2c1)Nc1nn[nH]n1. The molecule has 0 spiro atoms. The summed E-state index contributed by atoms with van der Waals surface area (Å²) in [5.41, 5.74) is 0. The highest BCUT2D eigenvalue weighted by Crippen LogP contribution is 2.20. The van der Waals surface area contributed by atoms with E-state index in [9.17, 15) is 4.79 Å². The van der Waals surface area contributed by atoms with Crippen LogP contribution in [0.3, 0.4) is 0 Å². The summed E-state index contributed by atoms with van der Waals surface area (Å²) in [6, 6.07) is 13.6. The zero-order chi connectivity index (χ0) is 13.8. The fourth-order valence-corrected chi connectivity index (χ4v) is 1.78. The van der Waals surface area contributed by atoms with E-state index in [1.54, 1.807) is 0 Å². The fourth-order valence-electron chi connectivity index (χ4n) is 1.78. The summed E-state index contributed by atoms with van der Waals surface area (Å²) < 4.78 is 5.43. The molecule has 3 aromatic rings. The molecule has 20 heavy (non-hydrogen) atoms. The number of tetrazole rings is 1. The highest BCUT2D eigenvalue weighted by Gasteiger charge is 2.06. The monoisotopic (exact) mass is 269 g/mol. The summed E-state index contributed by atoms with van der Waals surface area (Å²) in [6.07, 6.45) is 0. The van der Waals surface area contributed by atoms with Gasteiger partial charge in [0.2, 0.25) is 0 Å². The Morgan fingerprint density at radius 1 is 1.20 bits per heavy atom. The normalized spacial score (nSPS) is 10.4. The minimum Gasteiger partial charge on any atom is -0.484 e. The van der Waals surface area contributed by atoms with Crippen LogP contribution in [0.5, 0.6) is 5.75 Å². The Balaban J connectivity index is 1.63. The highest BCUT2D eigenvalue weighted by atomic mass is 16.5. The maximum absolute atomic E-state index is 11.6. The zero-order valence-corrected chi connectivity index (χ0v) is 10.4. The Bertz CT molecular complexity index is 726. The van der Waals surface area contributed by atoms with Crippen molar-refractivity contribution in [2.45, 2.75) is 0 Å². The molecule has 0 unspecified atom stereocenters. The van der Waals surface area contributed by atoms with Crippen LogP contribution in [0, 0.1) is 0 Å². The third-order valence-electron chi connectivity index (χ3n) is 2.69. The number of rotatable bonds is 4. The van der Waals surface area contributed by atoms with Crippen molar-refractivity contribution in [3.05, 3.63) is 42.5 Å². The van der Waals surface area contributed by atoms with Crippen LogP contribution in [-0.4, -0.2) is 33.1 Å². The lowest BCUT2D eigenvalue weighted by atomic mass is 10.1. The molecule has 100 valence electrons. The van der Waals surface area contributed by atoms with E-state index >= 15 is 0 Å². The fraction of sp³-hybridized carbons (Fsp3) is 0.0769. The molecule has 0 atom stereocenters. The molecule has 0 saturated carbocycles. The Hall–Kier alpha value is -2.96. The van der Waals surface area contributed by atoms with E-state index in [4.69, 9.17) is 4.74 Å². The van der Waals surface area contributed by atoms with E-state index in [0.29, 0.717) is 5.75 Å². The molecule has 1 aromatic heterocycles. The number of hydrogen-bond donors (Lipinski definition) is 2. The molecular formula is C13H11N5O2. The molecule has 0 aliphatic carbocycles. The average Bonchev–Trinajstić information content (AvgIpc) is 2.98.